The van der Waals surface area contributed by atoms with Gasteiger partial charge in [0, 0.05) is 19.2 Å². The van der Waals surface area contributed by atoms with Crippen LogP contribution in [0.2, 0.25) is 0 Å². The first-order valence-electron chi connectivity index (χ1n) is 8.20. The molecule has 8 heteroatoms. The molecule has 2 amide bonds. The number of ether oxygens (including phenoxy) is 1. The Labute approximate surface area is 149 Å². The minimum absolute atomic E-state index is 0.119. The number of nitrogens with one attached hydrogen (secondary N) is 1. The van der Waals surface area contributed by atoms with Crippen LogP contribution in [0, 0.1) is 0 Å². The van der Waals surface area contributed by atoms with Crippen molar-refractivity contribution in [3.05, 3.63) is 46.3 Å². The van der Waals surface area contributed by atoms with E-state index in [-0.39, 0.29) is 29.2 Å². The fourth-order valence-corrected chi connectivity index (χ4v) is 2.30. The highest BCUT2D eigenvalue weighted by atomic mass is 16.5. The van der Waals surface area contributed by atoms with E-state index in [4.69, 9.17) is 9.15 Å². The molecule has 0 radical (unpaired) electrons. The number of likely N-dealkylation sites (N-methyl/N-ethyl adjacent to an activating group) is 2. The van der Waals surface area contributed by atoms with Gasteiger partial charge in [0.15, 0.2) is 12.0 Å². The summed E-state index contributed by atoms with van der Waals surface area (Å²) in [7, 11) is 0. The molecule has 2 aromatic rings. The van der Waals surface area contributed by atoms with Gasteiger partial charge in [-0.05, 0) is 26.0 Å². The zero-order valence-corrected chi connectivity index (χ0v) is 14.6. The van der Waals surface area contributed by atoms with Gasteiger partial charge in [0.05, 0.1) is 11.9 Å². The smallest absolute Gasteiger partial charge is 0.374 e. The number of esters is 1. The van der Waals surface area contributed by atoms with Crippen molar-refractivity contribution >= 4 is 28.8 Å². The zero-order valence-electron chi connectivity index (χ0n) is 14.6. The van der Waals surface area contributed by atoms with Gasteiger partial charge < -0.3 is 19.4 Å². The van der Waals surface area contributed by atoms with Gasteiger partial charge in [-0.15, -0.1) is 0 Å². The highest BCUT2D eigenvalue weighted by Crippen LogP contribution is 2.12. The third-order valence-electron chi connectivity index (χ3n) is 3.61. The van der Waals surface area contributed by atoms with Gasteiger partial charge in [0.1, 0.15) is 5.58 Å². The van der Waals surface area contributed by atoms with Crippen LogP contribution in [0.4, 0.5) is 0 Å². The van der Waals surface area contributed by atoms with Crippen LogP contribution < -0.4 is 10.7 Å². The summed E-state index contributed by atoms with van der Waals surface area (Å²) in [6.45, 7) is 3.56. The van der Waals surface area contributed by atoms with Crippen molar-refractivity contribution in [2.24, 2.45) is 0 Å². The molecule has 138 valence electrons. The van der Waals surface area contributed by atoms with Gasteiger partial charge in [0.25, 0.3) is 5.91 Å². The van der Waals surface area contributed by atoms with Gasteiger partial charge >= 0.3 is 5.97 Å². The Kier molecular flexibility index (Phi) is 6.48. The predicted molar refractivity (Wildman–Crippen MR) is 93.7 cm³/mol. The molecule has 0 atom stereocenters. The molecule has 1 aromatic heterocycles. The molecular formula is C18H20N2O6. The third-order valence-corrected chi connectivity index (χ3v) is 3.61. The van der Waals surface area contributed by atoms with Crippen LogP contribution in [0.15, 0.2) is 39.5 Å². The number of carbonyl (C=O) groups excluding carboxylic acids is 3. The van der Waals surface area contributed by atoms with Crippen molar-refractivity contribution in [3.8, 4) is 0 Å². The number of benzene rings is 1. The lowest BCUT2D eigenvalue weighted by Gasteiger charge is -2.19. The molecule has 1 N–H and O–H groups in total. The lowest BCUT2D eigenvalue weighted by Crippen LogP contribution is -2.42. The molecular weight excluding hydrogens is 340 g/mol. The minimum atomic E-state index is -0.921. The number of rotatable bonds is 7. The normalized spacial score (nSPS) is 10.4. The Morgan fingerprint density at radius 3 is 2.62 bits per heavy atom. The summed E-state index contributed by atoms with van der Waals surface area (Å²) in [5.74, 6) is -2.02. The molecule has 26 heavy (non-hydrogen) atoms. The molecule has 0 saturated carbocycles. The van der Waals surface area contributed by atoms with Crippen LogP contribution in [-0.4, -0.2) is 48.9 Å². The Morgan fingerprint density at radius 2 is 1.92 bits per heavy atom. The maximum Gasteiger partial charge on any atom is 0.374 e. The van der Waals surface area contributed by atoms with Gasteiger partial charge in [0.2, 0.25) is 11.7 Å². The van der Waals surface area contributed by atoms with E-state index in [0.717, 1.165) is 6.07 Å². The molecule has 0 aliphatic rings. The lowest BCUT2D eigenvalue weighted by molar-refractivity contribution is -0.138. The largest absolute Gasteiger partial charge is 0.450 e. The van der Waals surface area contributed by atoms with Crippen molar-refractivity contribution in [2.45, 2.75) is 13.8 Å². The SMILES string of the molecule is CCNC(=O)CN(CC)C(=O)COC(=O)c1cc(=O)c2ccccc2o1. The van der Waals surface area contributed by atoms with E-state index < -0.39 is 18.5 Å². The number of nitrogens with zero attached hydrogens (tertiary/aromatic N) is 1. The maximum atomic E-state index is 12.1. The summed E-state index contributed by atoms with van der Waals surface area (Å²) in [6.07, 6.45) is 0. The Bertz CT molecular complexity index is 873. The van der Waals surface area contributed by atoms with E-state index in [2.05, 4.69) is 5.32 Å². The topological polar surface area (TPSA) is 106 Å². The van der Waals surface area contributed by atoms with E-state index in [0.29, 0.717) is 18.5 Å². The first-order valence-corrected chi connectivity index (χ1v) is 8.20. The molecule has 0 spiro atoms. The first kappa shape index (κ1) is 19.2. The van der Waals surface area contributed by atoms with Crippen LogP contribution in [0.3, 0.4) is 0 Å². The quantitative estimate of drug-likeness (QED) is 0.737. The second-order valence-electron chi connectivity index (χ2n) is 5.41. The maximum absolute atomic E-state index is 12.1. The van der Waals surface area contributed by atoms with E-state index >= 15 is 0 Å². The van der Waals surface area contributed by atoms with E-state index in [1.165, 1.54) is 4.90 Å². The van der Waals surface area contributed by atoms with Crippen LogP contribution in [0.5, 0.6) is 0 Å². The summed E-state index contributed by atoms with van der Waals surface area (Å²) in [5.41, 5.74) is -0.124. The number of para-hydroxylation sites is 1. The number of fused-ring (bicyclic) bond motifs is 1. The summed E-state index contributed by atoms with van der Waals surface area (Å²) in [5, 5.41) is 2.94. The minimum Gasteiger partial charge on any atom is -0.450 e. The predicted octanol–water partition coefficient (Wildman–Crippen LogP) is 0.934. The highest BCUT2D eigenvalue weighted by Gasteiger charge is 2.19. The average molecular weight is 360 g/mol. The molecule has 0 unspecified atom stereocenters. The van der Waals surface area contributed by atoms with E-state index in [1.54, 1.807) is 38.1 Å². The monoisotopic (exact) mass is 360 g/mol. The molecule has 0 saturated heterocycles. The van der Waals surface area contributed by atoms with Crippen molar-refractivity contribution in [2.75, 3.05) is 26.2 Å². The standard InChI is InChI=1S/C18H20N2O6/c1-3-19-16(22)10-20(4-2)17(23)11-25-18(24)15-9-13(21)12-7-5-6-8-14(12)26-15/h5-9H,3-4,10-11H2,1-2H3,(H,19,22). The summed E-state index contributed by atoms with van der Waals surface area (Å²) >= 11 is 0. The fourth-order valence-electron chi connectivity index (χ4n) is 2.30. The van der Waals surface area contributed by atoms with Crippen LogP contribution >= 0.6 is 0 Å². The average Bonchev–Trinajstić information content (AvgIpc) is 2.64. The number of carbonyl (C=O) groups is 3. The van der Waals surface area contributed by atoms with Crippen LogP contribution in [-0.2, 0) is 14.3 Å². The Morgan fingerprint density at radius 1 is 1.19 bits per heavy atom. The molecule has 0 aliphatic carbocycles. The second-order valence-corrected chi connectivity index (χ2v) is 5.41. The molecule has 1 heterocycles. The van der Waals surface area contributed by atoms with Crippen molar-refractivity contribution in [1.82, 2.24) is 10.2 Å². The molecule has 0 aliphatic heterocycles. The third kappa shape index (κ3) is 4.69. The number of hydrogen-bond donors (Lipinski definition) is 1. The molecule has 0 fully saturated rings. The Balaban J connectivity index is 2.02. The zero-order chi connectivity index (χ0) is 19.1. The first-order chi connectivity index (χ1) is 12.5. The highest BCUT2D eigenvalue weighted by molar-refractivity contribution is 5.91. The lowest BCUT2D eigenvalue weighted by atomic mass is 10.2. The molecule has 0 bridgehead atoms. The fraction of sp³-hybridized carbons (Fsp3) is 0.333. The van der Waals surface area contributed by atoms with Gasteiger partial charge in [-0.1, -0.05) is 12.1 Å². The van der Waals surface area contributed by atoms with Crippen molar-refractivity contribution in [1.29, 1.82) is 0 Å². The molecule has 2 rings (SSSR count). The Hall–Kier alpha value is -3.16. The summed E-state index contributed by atoms with van der Waals surface area (Å²) in [6, 6.07) is 7.53. The summed E-state index contributed by atoms with van der Waals surface area (Å²) in [4.78, 5) is 49.0. The van der Waals surface area contributed by atoms with Gasteiger partial charge in [-0.25, -0.2) is 4.79 Å². The van der Waals surface area contributed by atoms with Gasteiger partial charge in [-0.2, -0.15) is 0 Å². The van der Waals surface area contributed by atoms with Crippen molar-refractivity contribution < 1.29 is 23.5 Å². The summed E-state index contributed by atoms with van der Waals surface area (Å²) < 4.78 is 10.3. The van der Waals surface area contributed by atoms with E-state index in [9.17, 15) is 19.2 Å². The number of amides is 2. The van der Waals surface area contributed by atoms with Crippen LogP contribution in [0.1, 0.15) is 24.4 Å². The molecule has 8 nitrogen and oxygen atoms in total. The van der Waals surface area contributed by atoms with Crippen LogP contribution in [0.25, 0.3) is 11.0 Å². The van der Waals surface area contributed by atoms with E-state index in [1.807, 2.05) is 0 Å². The van der Waals surface area contributed by atoms with Crippen molar-refractivity contribution in [3.63, 3.8) is 0 Å². The molecule has 1 aromatic carbocycles. The second kappa shape index (κ2) is 8.80. The van der Waals surface area contributed by atoms with Gasteiger partial charge in [-0.3, -0.25) is 14.4 Å². The number of hydrogen-bond acceptors (Lipinski definition) is 6.